The van der Waals surface area contributed by atoms with Gasteiger partial charge in [0.15, 0.2) is 0 Å². The molecule has 1 saturated carbocycles. The number of unbranched alkanes of at least 4 members (excludes halogenated alkanes) is 1. The van der Waals surface area contributed by atoms with Crippen LogP contribution >= 0.6 is 0 Å². The molecule has 1 heterocycles. The number of nitrogens with zero attached hydrogens (tertiary/aromatic N) is 3. The number of aliphatic hydroxyl groups is 1. The number of aryl methyl sites for hydroxylation is 1. The molecular weight excluding hydrogens is 262 g/mol. The van der Waals surface area contributed by atoms with E-state index in [4.69, 9.17) is 0 Å². The minimum Gasteiger partial charge on any atom is -0.390 e. The van der Waals surface area contributed by atoms with Gasteiger partial charge in [0.2, 0.25) is 0 Å². The lowest BCUT2D eigenvalue weighted by molar-refractivity contribution is 0.272. The molecule has 1 fully saturated rings. The summed E-state index contributed by atoms with van der Waals surface area (Å²) in [6, 6.07) is 8.58. The van der Waals surface area contributed by atoms with Gasteiger partial charge in [0.25, 0.3) is 0 Å². The first-order chi connectivity index (χ1) is 10.3. The highest BCUT2D eigenvalue weighted by Gasteiger charge is 2.27. The molecule has 1 N–H and O–H groups in total. The van der Waals surface area contributed by atoms with Gasteiger partial charge in [0, 0.05) is 5.92 Å². The van der Waals surface area contributed by atoms with Crippen molar-refractivity contribution in [2.75, 3.05) is 0 Å². The zero-order valence-electron chi connectivity index (χ0n) is 12.6. The molecule has 1 aromatic carbocycles. The molecule has 0 aliphatic heterocycles. The summed E-state index contributed by atoms with van der Waals surface area (Å²) < 4.78 is 1.92. The molecule has 0 bridgehead atoms. The largest absolute Gasteiger partial charge is 0.390 e. The lowest BCUT2D eigenvalue weighted by Crippen LogP contribution is -2.16. The van der Waals surface area contributed by atoms with Gasteiger partial charge in [-0.2, -0.15) is 0 Å². The van der Waals surface area contributed by atoms with Crippen molar-refractivity contribution in [2.24, 2.45) is 0 Å². The van der Waals surface area contributed by atoms with Crippen molar-refractivity contribution in [3.05, 3.63) is 41.2 Å². The van der Waals surface area contributed by atoms with Crippen LogP contribution in [-0.4, -0.2) is 20.1 Å². The Labute approximate surface area is 125 Å². The quantitative estimate of drug-likeness (QED) is 0.885. The molecule has 1 aliphatic carbocycles. The van der Waals surface area contributed by atoms with E-state index >= 15 is 0 Å². The van der Waals surface area contributed by atoms with Crippen LogP contribution in [0.3, 0.4) is 0 Å². The number of hydrogen-bond donors (Lipinski definition) is 1. The van der Waals surface area contributed by atoms with Gasteiger partial charge in [-0.25, -0.2) is 4.68 Å². The first-order valence-corrected chi connectivity index (χ1v) is 7.98. The maximum Gasteiger partial charge on any atom is 0.112 e. The Morgan fingerprint density at radius 1 is 1.24 bits per heavy atom. The molecule has 0 unspecified atom stereocenters. The Morgan fingerprint density at radius 2 is 2.00 bits per heavy atom. The van der Waals surface area contributed by atoms with Gasteiger partial charge in [-0.15, -0.1) is 5.10 Å². The van der Waals surface area contributed by atoms with Gasteiger partial charge in [-0.05, 0) is 43.4 Å². The second-order valence-electron chi connectivity index (χ2n) is 5.89. The second kappa shape index (κ2) is 6.39. The van der Waals surface area contributed by atoms with Gasteiger partial charge in [-0.3, -0.25) is 0 Å². The van der Waals surface area contributed by atoms with E-state index in [9.17, 15) is 5.11 Å². The fourth-order valence-corrected chi connectivity index (χ4v) is 2.90. The molecule has 4 heteroatoms. The summed E-state index contributed by atoms with van der Waals surface area (Å²) in [6.45, 7) is 2.19. The molecule has 3 rings (SSSR count). The average Bonchev–Trinajstić information content (AvgIpc) is 2.87. The molecule has 0 saturated heterocycles. The Bertz CT molecular complexity index is 585. The zero-order chi connectivity index (χ0) is 14.7. The predicted molar refractivity (Wildman–Crippen MR) is 82.5 cm³/mol. The van der Waals surface area contributed by atoms with Crippen LogP contribution in [0, 0.1) is 0 Å². The van der Waals surface area contributed by atoms with Crippen molar-refractivity contribution in [1.82, 2.24) is 15.0 Å². The summed E-state index contributed by atoms with van der Waals surface area (Å²) in [5, 5.41) is 17.9. The van der Waals surface area contributed by atoms with Crippen molar-refractivity contribution in [3.8, 4) is 5.69 Å². The van der Waals surface area contributed by atoms with Crippen LogP contribution in [0.5, 0.6) is 0 Å². The van der Waals surface area contributed by atoms with Gasteiger partial charge < -0.3 is 5.11 Å². The average molecular weight is 285 g/mol. The SMILES string of the molecule is CCCCc1ccc(-n2nnc(CO)c2C2CCC2)cc1. The molecule has 0 atom stereocenters. The third-order valence-electron chi connectivity index (χ3n) is 4.42. The third-order valence-corrected chi connectivity index (χ3v) is 4.42. The van der Waals surface area contributed by atoms with Crippen LogP contribution in [-0.2, 0) is 13.0 Å². The van der Waals surface area contributed by atoms with Crippen molar-refractivity contribution in [2.45, 2.75) is 58.0 Å². The van der Waals surface area contributed by atoms with Gasteiger partial charge in [0.05, 0.1) is 18.0 Å². The molecule has 0 spiro atoms. The van der Waals surface area contributed by atoms with E-state index in [1.165, 1.54) is 37.7 Å². The van der Waals surface area contributed by atoms with Gasteiger partial charge >= 0.3 is 0 Å². The molecular formula is C17H23N3O. The van der Waals surface area contributed by atoms with Crippen LogP contribution in [0.25, 0.3) is 5.69 Å². The highest BCUT2D eigenvalue weighted by Crippen LogP contribution is 2.38. The molecule has 1 aliphatic rings. The van der Waals surface area contributed by atoms with E-state index in [0.717, 1.165) is 23.5 Å². The summed E-state index contributed by atoms with van der Waals surface area (Å²) in [5.74, 6) is 0.502. The smallest absolute Gasteiger partial charge is 0.112 e. The number of rotatable bonds is 6. The molecule has 21 heavy (non-hydrogen) atoms. The van der Waals surface area contributed by atoms with Crippen molar-refractivity contribution in [1.29, 1.82) is 0 Å². The molecule has 0 amide bonds. The predicted octanol–water partition coefficient (Wildman–Crippen LogP) is 3.37. The summed E-state index contributed by atoms with van der Waals surface area (Å²) in [7, 11) is 0. The fourth-order valence-electron chi connectivity index (χ4n) is 2.90. The van der Waals surface area contributed by atoms with Gasteiger partial charge in [-0.1, -0.05) is 37.1 Å². The summed E-state index contributed by atoms with van der Waals surface area (Å²) in [4.78, 5) is 0. The summed E-state index contributed by atoms with van der Waals surface area (Å²) in [6.07, 6.45) is 7.19. The van der Waals surface area contributed by atoms with E-state index < -0.39 is 0 Å². The lowest BCUT2D eigenvalue weighted by Gasteiger charge is -2.26. The Kier molecular flexibility index (Phi) is 4.34. The fraction of sp³-hybridized carbons (Fsp3) is 0.529. The van der Waals surface area contributed by atoms with Crippen molar-refractivity contribution in [3.63, 3.8) is 0 Å². The Balaban J connectivity index is 1.87. The first kappa shape index (κ1) is 14.3. The van der Waals surface area contributed by atoms with Crippen molar-refractivity contribution < 1.29 is 5.11 Å². The zero-order valence-corrected chi connectivity index (χ0v) is 12.6. The number of hydrogen-bond acceptors (Lipinski definition) is 3. The maximum absolute atomic E-state index is 9.47. The summed E-state index contributed by atoms with van der Waals surface area (Å²) in [5.41, 5.74) is 4.25. The minimum atomic E-state index is -0.0274. The van der Waals surface area contributed by atoms with Crippen LogP contribution in [0.2, 0.25) is 0 Å². The van der Waals surface area contributed by atoms with E-state index in [0.29, 0.717) is 5.92 Å². The molecule has 0 radical (unpaired) electrons. The van der Waals surface area contributed by atoms with E-state index in [2.05, 4.69) is 41.5 Å². The van der Waals surface area contributed by atoms with Crippen LogP contribution < -0.4 is 0 Å². The van der Waals surface area contributed by atoms with Crippen LogP contribution in [0.1, 0.15) is 61.9 Å². The van der Waals surface area contributed by atoms with E-state index in [-0.39, 0.29) is 6.61 Å². The third kappa shape index (κ3) is 2.86. The van der Waals surface area contributed by atoms with Crippen molar-refractivity contribution >= 4 is 0 Å². The standard InChI is InChI=1S/C17H23N3O/c1-2-3-5-13-8-10-15(11-9-13)20-17(14-6-4-7-14)16(12-21)18-19-20/h8-11,14,21H,2-7,12H2,1H3. The second-order valence-corrected chi connectivity index (χ2v) is 5.89. The van der Waals surface area contributed by atoms with Crippen LogP contribution in [0.4, 0.5) is 0 Å². The molecule has 1 aromatic heterocycles. The Hall–Kier alpha value is -1.68. The highest BCUT2D eigenvalue weighted by atomic mass is 16.3. The molecule has 4 nitrogen and oxygen atoms in total. The summed E-state index contributed by atoms with van der Waals surface area (Å²) >= 11 is 0. The topological polar surface area (TPSA) is 50.9 Å². The number of aliphatic hydroxyl groups excluding tert-OH is 1. The van der Waals surface area contributed by atoms with Gasteiger partial charge in [0.1, 0.15) is 5.69 Å². The van der Waals surface area contributed by atoms with E-state index in [1.54, 1.807) is 0 Å². The normalized spacial score (nSPS) is 15.1. The monoisotopic (exact) mass is 285 g/mol. The maximum atomic E-state index is 9.47. The van der Waals surface area contributed by atoms with E-state index in [1.807, 2.05) is 4.68 Å². The van der Waals surface area contributed by atoms with Crippen LogP contribution in [0.15, 0.2) is 24.3 Å². The lowest BCUT2D eigenvalue weighted by atomic mass is 9.82. The number of aromatic nitrogens is 3. The number of benzene rings is 1. The molecule has 2 aromatic rings. The minimum absolute atomic E-state index is 0.0274. The molecule has 112 valence electrons. The first-order valence-electron chi connectivity index (χ1n) is 7.98. The Morgan fingerprint density at radius 3 is 2.57 bits per heavy atom. The highest BCUT2D eigenvalue weighted by molar-refractivity contribution is 5.37.